The molecule has 19 heavy (non-hydrogen) atoms. The van der Waals surface area contributed by atoms with Crippen molar-refractivity contribution < 1.29 is 9.47 Å². The Kier molecular flexibility index (Phi) is 3.42. The van der Waals surface area contributed by atoms with Crippen molar-refractivity contribution in [1.29, 1.82) is 0 Å². The maximum atomic E-state index is 5.80. The second-order valence-electron chi connectivity index (χ2n) is 4.20. The van der Waals surface area contributed by atoms with E-state index in [2.05, 4.69) is 10.3 Å². The van der Waals surface area contributed by atoms with Crippen LogP contribution in [0.5, 0.6) is 11.5 Å². The molecule has 3 rings (SSSR count). The van der Waals surface area contributed by atoms with Crippen molar-refractivity contribution in [3.63, 3.8) is 0 Å². The SMILES string of the molecule is Clc1ccc(Nc2ccc3c(c2)OCCCO3)nc1. The molecule has 0 spiro atoms. The Morgan fingerprint density at radius 1 is 1.05 bits per heavy atom. The molecule has 0 radical (unpaired) electrons. The van der Waals surface area contributed by atoms with Crippen LogP contribution < -0.4 is 14.8 Å². The average molecular weight is 277 g/mol. The lowest BCUT2D eigenvalue weighted by atomic mass is 10.2. The van der Waals surface area contributed by atoms with Crippen molar-refractivity contribution in [3.05, 3.63) is 41.6 Å². The predicted octanol–water partition coefficient (Wildman–Crippen LogP) is 3.64. The van der Waals surface area contributed by atoms with Crippen LogP contribution in [-0.2, 0) is 0 Å². The highest BCUT2D eigenvalue weighted by Crippen LogP contribution is 2.33. The first-order valence-corrected chi connectivity index (χ1v) is 6.47. The van der Waals surface area contributed by atoms with Crippen LogP contribution >= 0.6 is 11.6 Å². The van der Waals surface area contributed by atoms with Crippen LogP contribution in [0.4, 0.5) is 11.5 Å². The second-order valence-corrected chi connectivity index (χ2v) is 4.64. The van der Waals surface area contributed by atoms with Gasteiger partial charge in [0.05, 0.1) is 18.2 Å². The predicted molar refractivity (Wildman–Crippen MR) is 74.6 cm³/mol. The molecule has 0 fully saturated rings. The maximum Gasteiger partial charge on any atom is 0.163 e. The molecular formula is C14H13ClN2O2. The van der Waals surface area contributed by atoms with Gasteiger partial charge in [0.15, 0.2) is 11.5 Å². The van der Waals surface area contributed by atoms with Gasteiger partial charge in [-0.1, -0.05) is 11.6 Å². The van der Waals surface area contributed by atoms with Gasteiger partial charge in [0, 0.05) is 24.4 Å². The summed E-state index contributed by atoms with van der Waals surface area (Å²) in [5, 5.41) is 3.81. The lowest BCUT2D eigenvalue weighted by Gasteiger charge is -2.10. The summed E-state index contributed by atoms with van der Waals surface area (Å²) in [5.74, 6) is 2.28. The summed E-state index contributed by atoms with van der Waals surface area (Å²) in [6.45, 7) is 1.37. The fourth-order valence-corrected chi connectivity index (χ4v) is 1.95. The molecule has 2 heterocycles. The molecule has 1 aromatic carbocycles. The van der Waals surface area contributed by atoms with Crippen LogP contribution in [0, 0.1) is 0 Å². The van der Waals surface area contributed by atoms with Crippen molar-refractivity contribution >= 4 is 23.1 Å². The zero-order valence-electron chi connectivity index (χ0n) is 10.2. The van der Waals surface area contributed by atoms with Gasteiger partial charge in [0.2, 0.25) is 0 Å². The third kappa shape index (κ3) is 2.90. The normalized spacial score (nSPS) is 13.7. The first-order chi connectivity index (χ1) is 9.31. The van der Waals surface area contributed by atoms with Crippen LogP contribution in [-0.4, -0.2) is 18.2 Å². The summed E-state index contributed by atoms with van der Waals surface area (Å²) in [5.41, 5.74) is 0.902. The summed E-state index contributed by atoms with van der Waals surface area (Å²) in [4.78, 5) is 4.19. The summed E-state index contributed by atoms with van der Waals surface area (Å²) in [7, 11) is 0. The Bertz CT molecular complexity index is 572. The van der Waals surface area contributed by atoms with E-state index < -0.39 is 0 Å². The maximum absolute atomic E-state index is 5.80. The molecule has 0 bridgehead atoms. The number of nitrogens with one attached hydrogen (secondary N) is 1. The van der Waals surface area contributed by atoms with Crippen molar-refractivity contribution in [2.24, 2.45) is 0 Å². The van der Waals surface area contributed by atoms with E-state index in [4.69, 9.17) is 21.1 Å². The summed E-state index contributed by atoms with van der Waals surface area (Å²) < 4.78 is 11.2. The smallest absolute Gasteiger partial charge is 0.163 e. The number of nitrogens with zero attached hydrogens (tertiary/aromatic N) is 1. The molecule has 1 aliphatic rings. The molecule has 2 aromatic rings. The van der Waals surface area contributed by atoms with Gasteiger partial charge < -0.3 is 14.8 Å². The first-order valence-electron chi connectivity index (χ1n) is 6.09. The lowest BCUT2D eigenvalue weighted by molar-refractivity contribution is 0.297. The van der Waals surface area contributed by atoms with Gasteiger partial charge in [-0.05, 0) is 24.3 Å². The number of aromatic nitrogens is 1. The largest absolute Gasteiger partial charge is 0.490 e. The summed E-state index contributed by atoms with van der Waals surface area (Å²) >= 11 is 5.80. The first kappa shape index (κ1) is 12.1. The van der Waals surface area contributed by atoms with Crippen LogP contribution in [0.2, 0.25) is 5.02 Å². The van der Waals surface area contributed by atoms with E-state index in [0.717, 1.165) is 29.4 Å². The third-order valence-electron chi connectivity index (χ3n) is 2.75. The molecule has 5 heteroatoms. The molecule has 0 saturated heterocycles. The van der Waals surface area contributed by atoms with E-state index in [0.29, 0.717) is 18.2 Å². The Balaban J connectivity index is 1.81. The van der Waals surface area contributed by atoms with Crippen LogP contribution in [0.15, 0.2) is 36.5 Å². The topological polar surface area (TPSA) is 43.4 Å². The number of ether oxygens (including phenoxy) is 2. The molecule has 0 amide bonds. The van der Waals surface area contributed by atoms with Gasteiger partial charge >= 0.3 is 0 Å². The minimum Gasteiger partial charge on any atom is -0.490 e. The van der Waals surface area contributed by atoms with Crippen molar-refractivity contribution in [3.8, 4) is 11.5 Å². The van der Waals surface area contributed by atoms with Gasteiger partial charge in [-0.25, -0.2) is 4.98 Å². The fraction of sp³-hybridized carbons (Fsp3) is 0.214. The molecule has 1 N–H and O–H groups in total. The Morgan fingerprint density at radius 3 is 2.68 bits per heavy atom. The molecule has 0 atom stereocenters. The van der Waals surface area contributed by atoms with Crippen LogP contribution in [0.1, 0.15) is 6.42 Å². The van der Waals surface area contributed by atoms with E-state index in [9.17, 15) is 0 Å². The Labute approximate surface area is 116 Å². The van der Waals surface area contributed by atoms with Crippen LogP contribution in [0.25, 0.3) is 0 Å². The minimum absolute atomic E-state index is 0.615. The highest BCUT2D eigenvalue weighted by molar-refractivity contribution is 6.30. The minimum atomic E-state index is 0.615. The lowest BCUT2D eigenvalue weighted by Crippen LogP contribution is -1.97. The molecule has 1 aromatic heterocycles. The summed E-state index contributed by atoms with van der Waals surface area (Å²) in [6.07, 6.45) is 2.50. The quantitative estimate of drug-likeness (QED) is 0.909. The number of fused-ring (bicyclic) bond motifs is 1. The molecule has 0 aliphatic carbocycles. The van der Waals surface area contributed by atoms with Gasteiger partial charge in [-0.15, -0.1) is 0 Å². The average Bonchev–Trinajstić information content (AvgIpc) is 2.66. The van der Waals surface area contributed by atoms with Gasteiger partial charge in [0.25, 0.3) is 0 Å². The van der Waals surface area contributed by atoms with Crippen molar-refractivity contribution in [2.75, 3.05) is 18.5 Å². The Morgan fingerprint density at radius 2 is 1.89 bits per heavy atom. The highest BCUT2D eigenvalue weighted by atomic mass is 35.5. The number of hydrogen-bond acceptors (Lipinski definition) is 4. The van der Waals surface area contributed by atoms with Gasteiger partial charge in [-0.3, -0.25) is 0 Å². The summed E-state index contributed by atoms with van der Waals surface area (Å²) in [6, 6.07) is 9.37. The zero-order valence-corrected chi connectivity index (χ0v) is 11.0. The van der Waals surface area contributed by atoms with E-state index in [1.54, 1.807) is 12.3 Å². The number of halogens is 1. The molecule has 1 aliphatic heterocycles. The number of hydrogen-bond donors (Lipinski definition) is 1. The number of benzene rings is 1. The third-order valence-corrected chi connectivity index (χ3v) is 2.97. The van der Waals surface area contributed by atoms with Gasteiger partial charge in [-0.2, -0.15) is 0 Å². The van der Waals surface area contributed by atoms with E-state index in [1.165, 1.54) is 0 Å². The number of anilines is 2. The van der Waals surface area contributed by atoms with E-state index >= 15 is 0 Å². The monoisotopic (exact) mass is 276 g/mol. The molecule has 4 nitrogen and oxygen atoms in total. The fourth-order valence-electron chi connectivity index (χ4n) is 1.84. The van der Waals surface area contributed by atoms with E-state index in [1.807, 2.05) is 24.3 Å². The number of rotatable bonds is 2. The van der Waals surface area contributed by atoms with Crippen LogP contribution in [0.3, 0.4) is 0 Å². The number of pyridine rings is 1. The molecule has 98 valence electrons. The highest BCUT2D eigenvalue weighted by Gasteiger charge is 2.10. The second kappa shape index (κ2) is 5.36. The Hall–Kier alpha value is -1.94. The van der Waals surface area contributed by atoms with Crippen molar-refractivity contribution in [1.82, 2.24) is 4.98 Å². The molecule has 0 unspecified atom stereocenters. The zero-order chi connectivity index (χ0) is 13.1. The molecule has 0 saturated carbocycles. The molecular weight excluding hydrogens is 264 g/mol. The van der Waals surface area contributed by atoms with E-state index in [-0.39, 0.29) is 0 Å². The van der Waals surface area contributed by atoms with Gasteiger partial charge in [0.1, 0.15) is 5.82 Å². The standard InChI is InChI=1S/C14H13ClN2O2/c15-10-2-5-14(16-9-10)17-11-3-4-12-13(8-11)19-7-1-6-18-12/h2-5,8-9H,1,6-7H2,(H,16,17). The van der Waals surface area contributed by atoms with Crippen molar-refractivity contribution in [2.45, 2.75) is 6.42 Å².